The van der Waals surface area contributed by atoms with Crippen molar-refractivity contribution in [3.8, 4) is 17.1 Å². The molecule has 3 heterocycles. The molecule has 8 nitrogen and oxygen atoms in total. The number of benzene rings is 1. The normalized spacial score (nSPS) is 10.9. The van der Waals surface area contributed by atoms with Crippen molar-refractivity contribution in [1.82, 2.24) is 29.5 Å². The summed E-state index contributed by atoms with van der Waals surface area (Å²) in [6.45, 7) is 6.64. The van der Waals surface area contributed by atoms with Crippen LogP contribution >= 0.6 is 11.8 Å². The third kappa shape index (κ3) is 4.36. The molecule has 1 amide bonds. The fourth-order valence-corrected chi connectivity index (χ4v) is 4.10. The second-order valence-electron chi connectivity index (χ2n) is 6.92. The molecule has 0 unspecified atom stereocenters. The molecular weight excluding hydrogens is 410 g/mol. The van der Waals surface area contributed by atoms with E-state index in [4.69, 9.17) is 0 Å². The van der Waals surface area contributed by atoms with Gasteiger partial charge in [0.1, 0.15) is 0 Å². The maximum atomic E-state index is 12.7. The van der Waals surface area contributed by atoms with E-state index < -0.39 is 0 Å². The Kier molecular flexibility index (Phi) is 6.13. The molecule has 0 aliphatic heterocycles. The third-order valence-corrected chi connectivity index (χ3v) is 5.77. The minimum Gasteiger partial charge on any atom is -0.322 e. The van der Waals surface area contributed by atoms with E-state index in [1.165, 1.54) is 11.8 Å². The van der Waals surface area contributed by atoms with E-state index in [0.717, 1.165) is 34.9 Å². The summed E-state index contributed by atoms with van der Waals surface area (Å²) in [6, 6.07) is 13.6. The van der Waals surface area contributed by atoms with Gasteiger partial charge in [-0.1, -0.05) is 30.0 Å². The lowest BCUT2D eigenvalue weighted by Gasteiger charge is -2.10. The molecule has 3 aromatic heterocycles. The van der Waals surface area contributed by atoms with Crippen LogP contribution in [0.4, 0.5) is 5.69 Å². The van der Waals surface area contributed by atoms with Crippen LogP contribution in [0.1, 0.15) is 18.3 Å². The number of anilines is 1. The van der Waals surface area contributed by atoms with Gasteiger partial charge in [0.2, 0.25) is 5.91 Å². The highest BCUT2D eigenvalue weighted by Crippen LogP contribution is 2.28. The van der Waals surface area contributed by atoms with Crippen LogP contribution in [0.15, 0.2) is 60.0 Å². The number of thioether (sulfide) groups is 1. The second-order valence-corrected chi connectivity index (χ2v) is 7.86. The van der Waals surface area contributed by atoms with Crippen LogP contribution in [-0.2, 0) is 11.3 Å². The summed E-state index contributed by atoms with van der Waals surface area (Å²) in [4.78, 5) is 16.9. The monoisotopic (exact) mass is 433 g/mol. The van der Waals surface area contributed by atoms with Gasteiger partial charge in [-0.05, 0) is 45.0 Å². The quantitative estimate of drug-likeness (QED) is 0.445. The van der Waals surface area contributed by atoms with Crippen LogP contribution in [0.5, 0.6) is 0 Å². The molecule has 0 spiro atoms. The predicted molar refractivity (Wildman–Crippen MR) is 121 cm³/mol. The molecular formula is C22H23N7OS. The smallest absolute Gasteiger partial charge is 0.234 e. The van der Waals surface area contributed by atoms with Crippen molar-refractivity contribution >= 4 is 23.4 Å². The van der Waals surface area contributed by atoms with Gasteiger partial charge in [0.25, 0.3) is 0 Å². The molecule has 1 aromatic carbocycles. The summed E-state index contributed by atoms with van der Waals surface area (Å²) >= 11 is 1.34. The van der Waals surface area contributed by atoms with Crippen LogP contribution in [-0.4, -0.2) is 41.2 Å². The van der Waals surface area contributed by atoms with Gasteiger partial charge in [0, 0.05) is 30.2 Å². The van der Waals surface area contributed by atoms with Gasteiger partial charge in [-0.3, -0.25) is 19.0 Å². The molecule has 0 fully saturated rings. The highest BCUT2D eigenvalue weighted by atomic mass is 32.2. The number of hydrogen-bond acceptors (Lipinski definition) is 6. The van der Waals surface area contributed by atoms with E-state index in [-0.39, 0.29) is 11.7 Å². The lowest BCUT2D eigenvalue weighted by Crippen LogP contribution is -2.16. The molecule has 0 aliphatic carbocycles. The fraction of sp³-hybridized carbons (Fsp3) is 0.227. The highest BCUT2D eigenvalue weighted by molar-refractivity contribution is 7.99. The number of amides is 1. The number of pyridine rings is 1. The van der Waals surface area contributed by atoms with Crippen molar-refractivity contribution in [3.05, 3.63) is 66.2 Å². The molecule has 1 N–H and O–H groups in total. The molecule has 4 rings (SSSR count). The molecule has 0 saturated carbocycles. The summed E-state index contributed by atoms with van der Waals surface area (Å²) in [7, 11) is 0. The number of aryl methyl sites for hydroxylation is 2. The Morgan fingerprint density at radius 1 is 1.10 bits per heavy atom. The Labute approximate surface area is 184 Å². The van der Waals surface area contributed by atoms with Crippen LogP contribution < -0.4 is 5.32 Å². The summed E-state index contributed by atoms with van der Waals surface area (Å²) in [5.41, 5.74) is 4.31. The lowest BCUT2D eigenvalue weighted by atomic mass is 10.2. The molecule has 4 aromatic rings. The van der Waals surface area contributed by atoms with Gasteiger partial charge in [-0.15, -0.1) is 10.2 Å². The summed E-state index contributed by atoms with van der Waals surface area (Å²) in [5, 5.41) is 16.8. The molecule has 0 bridgehead atoms. The predicted octanol–water partition coefficient (Wildman–Crippen LogP) is 3.89. The molecule has 0 saturated heterocycles. The number of hydrogen-bond donors (Lipinski definition) is 1. The number of nitrogens with zero attached hydrogens (tertiary/aromatic N) is 6. The third-order valence-electron chi connectivity index (χ3n) is 4.85. The summed E-state index contributed by atoms with van der Waals surface area (Å²) in [5.74, 6) is 0.768. The van der Waals surface area contributed by atoms with Gasteiger partial charge >= 0.3 is 0 Å². The lowest BCUT2D eigenvalue weighted by molar-refractivity contribution is -0.113. The van der Waals surface area contributed by atoms with Crippen molar-refractivity contribution in [3.63, 3.8) is 0 Å². The second kappa shape index (κ2) is 9.13. The van der Waals surface area contributed by atoms with E-state index in [2.05, 4.69) is 25.6 Å². The Morgan fingerprint density at radius 2 is 1.90 bits per heavy atom. The van der Waals surface area contributed by atoms with E-state index in [0.29, 0.717) is 11.0 Å². The van der Waals surface area contributed by atoms with Crippen LogP contribution in [0, 0.1) is 13.8 Å². The Morgan fingerprint density at radius 3 is 2.58 bits per heavy atom. The van der Waals surface area contributed by atoms with E-state index in [1.807, 2.05) is 72.5 Å². The number of aromatic nitrogens is 6. The molecule has 0 radical (unpaired) electrons. The van der Waals surface area contributed by atoms with E-state index in [9.17, 15) is 4.79 Å². The topological polar surface area (TPSA) is 90.5 Å². The van der Waals surface area contributed by atoms with Crippen LogP contribution in [0.2, 0.25) is 0 Å². The zero-order valence-electron chi connectivity index (χ0n) is 17.6. The van der Waals surface area contributed by atoms with Gasteiger partial charge < -0.3 is 5.32 Å². The number of carbonyl (C=O) groups excluding carboxylic acids is 1. The number of nitrogens with one attached hydrogen (secondary N) is 1. The van der Waals surface area contributed by atoms with Crippen LogP contribution in [0.25, 0.3) is 17.1 Å². The number of rotatable bonds is 7. The Hall–Kier alpha value is -3.46. The van der Waals surface area contributed by atoms with Gasteiger partial charge in [0.15, 0.2) is 11.0 Å². The van der Waals surface area contributed by atoms with Gasteiger partial charge in [0.05, 0.1) is 22.8 Å². The first-order valence-corrected chi connectivity index (χ1v) is 10.9. The van der Waals surface area contributed by atoms with Crippen molar-refractivity contribution in [2.24, 2.45) is 0 Å². The average molecular weight is 434 g/mol. The van der Waals surface area contributed by atoms with Crippen molar-refractivity contribution in [2.75, 3.05) is 11.1 Å². The molecule has 9 heteroatoms. The first kappa shape index (κ1) is 20.8. The van der Waals surface area contributed by atoms with Crippen LogP contribution in [0.3, 0.4) is 0 Å². The molecule has 0 aliphatic rings. The minimum absolute atomic E-state index is 0.114. The first-order chi connectivity index (χ1) is 15.1. The average Bonchev–Trinajstić information content (AvgIpc) is 3.35. The van der Waals surface area contributed by atoms with E-state index in [1.54, 1.807) is 12.4 Å². The maximum Gasteiger partial charge on any atom is 0.234 e. The summed E-state index contributed by atoms with van der Waals surface area (Å²) < 4.78 is 3.82. The van der Waals surface area contributed by atoms with Crippen molar-refractivity contribution < 1.29 is 4.79 Å². The number of para-hydroxylation sites is 1. The van der Waals surface area contributed by atoms with E-state index >= 15 is 0 Å². The highest BCUT2D eigenvalue weighted by Gasteiger charge is 2.18. The van der Waals surface area contributed by atoms with Gasteiger partial charge in [-0.25, -0.2) is 0 Å². The standard InChI is InChI=1S/C22H23N7OS/c1-4-28-16(3)20(15(2)27-28)24-19(30)14-31-22-26-25-21(17-9-8-12-23-13-17)29(22)18-10-6-5-7-11-18/h5-13H,4,14H2,1-3H3,(H,24,30). The summed E-state index contributed by atoms with van der Waals surface area (Å²) in [6.07, 6.45) is 3.47. The molecule has 0 atom stereocenters. The SMILES string of the molecule is CCn1nc(C)c(NC(=O)CSc2nnc(-c3cccnc3)n2-c2ccccc2)c1C. The Balaban J connectivity index is 1.57. The first-order valence-electron chi connectivity index (χ1n) is 9.96. The van der Waals surface area contributed by atoms with Crippen molar-refractivity contribution in [1.29, 1.82) is 0 Å². The number of carbonyl (C=O) groups is 1. The minimum atomic E-state index is -0.114. The zero-order valence-corrected chi connectivity index (χ0v) is 18.4. The molecule has 158 valence electrons. The zero-order chi connectivity index (χ0) is 21.8. The largest absolute Gasteiger partial charge is 0.322 e. The Bertz CT molecular complexity index is 1190. The van der Waals surface area contributed by atoms with Crippen molar-refractivity contribution in [2.45, 2.75) is 32.5 Å². The fourth-order valence-electron chi connectivity index (χ4n) is 3.35. The maximum absolute atomic E-state index is 12.7. The molecule has 31 heavy (non-hydrogen) atoms. The van der Waals surface area contributed by atoms with Gasteiger partial charge in [-0.2, -0.15) is 5.10 Å².